The molecule has 114 valence electrons. The van der Waals surface area contributed by atoms with Crippen molar-refractivity contribution in [1.82, 2.24) is 9.97 Å². The number of carboxylic acid groups (broad SMARTS) is 1. The smallest absolute Gasteiger partial charge is 0.356 e. The average molecular weight is 299 g/mol. The van der Waals surface area contributed by atoms with Gasteiger partial charge in [0.1, 0.15) is 5.69 Å². The number of aryl methyl sites for hydroxylation is 2. The molecule has 2 N–H and O–H groups in total. The minimum atomic E-state index is -1.18. The number of carbonyl (C=O) groups excluding carboxylic acids is 1. The van der Waals surface area contributed by atoms with Gasteiger partial charge in [0.25, 0.3) is 5.91 Å². The van der Waals surface area contributed by atoms with E-state index >= 15 is 0 Å². The Hall–Kier alpha value is -2.76. The molecule has 0 saturated carbocycles. The third-order valence-corrected chi connectivity index (χ3v) is 3.33. The van der Waals surface area contributed by atoms with Gasteiger partial charge in [0.15, 0.2) is 5.69 Å². The van der Waals surface area contributed by atoms with Crippen LogP contribution in [0.3, 0.4) is 0 Å². The molecule has 22 heavy (non-hydrogen) atoms. The van der Waals surface area contributed by atoms with Gasteiger partial charge < -0.3 is 10.4 Å². The molecule has 2 aromatic rings. The molecular formula is C16H17N3O3. The summed E-state index contributed by atoms with van der Waals surface area (Å²) < 4.78 is 0. The van der Waals surface area contributed by atoms with Gasteiger partial charge in [-0.3, -0.25) is 4.79 Å². The maximum absolute atomic E-state index is 12.1. The Kier molecular flexibility index (Phi) is 4.83. The summed E-state index contributed by atoms with van der Waals surface area (Å²) in [6.45, 7) is 4.16. The van der Waals surface area contributed by atoms with Crippen LogP contribution in [0.25, 0.3) is 0 Å². The van der Waals surface area contributed by atoms with E-state index in [0.29, 0.717) is 5.69 Å². The van der Waals surface area contributed by atoms with Crippen molar-refractivity contribution in [3.63, 3.8) is 0 Å². The molecular weight excluding hydrogens is 282 g/mol. The Labute approximate surface area is 128 Å². The molecule has 0 bridgehead atoms. The van der Waals surface area contributed by atoms with Crippen LogP contribution in [-0.2, 0) is 12.8 Å². The highest BCUT2D eigenvalue weighted by Crippen LogP contribution is 2.17. The highest BCUT2D eigenvalue weighted by Gasteiger charge is 2.11. The molecule has 0 saturated heterocycles. The number of amides is 1. The van der Waals surface area contributed by atoms with Gasteiger partial charge in [-0.25, -0.2) is 14.8 Å². The third-order valence-electron chi connectivity index (χ3n) is 3.33. The highest BCUT2D eigenvalue weighted by atomic mass is 16.4. The van der Waals surface area contributed by atoms with Gasteiger partial charge >= 0.3 is 5.97 Å². The van der Waals surface area contributed by atoms with Crippen molar-refractivity contribution in [3.8, 4) is 0 Å². The molecule has 6 nitrogen and oxygen atoms in total. The molecule has 1 aromatic carbocycles. The van der Waals surface area contributed by atoms with E-state index in [4.69, 9.17) is 5.11 Å². The zero-order valence-electron chi connectivity index (χ0n) is 12.5. The summed E-state index contributed by atoms with van der Waals surface area (Å²) in [7, 11) is 0. The van der Waals surface area contributed by atoms with Gasteiger partial charge in [-0.1, -0.05) is 19.9 Å². The van der Waals surface area contributed by atoms with Crippen LogP contribution in [0, 0.1) is 0 Å². The van der Waals surface area contributed by atoms with Crippen LogP contribution < -0.4 is 5.32 Å². The topological polar surface area (TPSA) is 92.2 Å². The fraction of sp³-hybridized carbons (Fsp3) is 0.250. The second-order valence-electron chi connectivity index (χ2n) is 4.74. The van der Waals surface area contributed by atoms with Gasteiger partial charge in [0, 0.05) is 5.69 Å². The second kappa shape index (κ2) is 6.80. The van der Waals surface area contributed by atoms with Crippen LogP contribution in [0.2, 0.25) is 0 Å². The molecule has 1 heterocycles. The number of nitrogens with one attached hydrogen (secondary N) is 1. The van der Waals surface area contributed by atoms with Gasteiger partial charge in [-0.2, -0.15) is 0 Å². The molecule has 6 heteroatoms. The monoisotopic (exact) mass is 299 g/mol. The van der Waals surface area contributed by atoms with E-state index in [-0.39, 0.29) is 11.4 Å². The standard InChI is InChI=1S/C16H17N3O3/c1-3-10-5-6-12(7-11(10)4-2)19-15(20)13-8-18-14(9-17-13)16(21)22/h5-9H,3-4H2,1-2H3,(H,19,20)(H,21,22). The predicted molar refractivity (Wildman–Crippen MR) is 82.1 cm³/mol. The first-order valence-electron chi connectivity index (χ1n) is 7.03. The van der Waals surface area contributed by atoms with Crippen LogP contribution >= 0.6 is 0 Å². The Morgan fingerprint density at radius 1 is 1.05 bits per heavy atom. The van der Waals surface area contributed by atoms with E-state index in [1.54, 1.807) is 0 Å². The maximum Gasteiger partial charge on any atom is 0.356 e. The first-order valence-corrected chi connectivity index (χ1v) is 7.03. The average Bonchev–Trinajstić information content (AvgIpc) is 2.54. The summed E-state index contributed by atoms with van der Waals surface area (Å²) in [5.41, 5.74) is 3.00. The number of aromatic carboxylic acids is 1. The van der Waals surface area contributed by atoms with E-state index in [1.165, 1.54) is 11.1 Å². The lowest BCUT2D eigenvalue weighted by atomic mass is 10.0. The number of carboxylic acids is 1. The van der Waals surface area contributed by atoms with Crippen molar-refractivity contribution in [3.05, 3.63) is 53.1 Å². The SMILES string of the molecule is CCc1ccc(NC(=O)c2cnc(C(=O)O)cn2)cc1CC. The summed E-state index contributed by atoms with van der Waals surface area (Å²) in [5, 5.41) is 11.5. The number of anilines is 1. The van der Waals surface area contributed by atoms with E-state index in [9.17, 15) is 9.59 Å². The molecule has 0 radical (unpaired) electrons. The van der Waals surface area contributed by atoms with E-state index in [1.807, 2.05) is 18.2 Å². The van der Waals surface area contributed by atoms with Crippen LogP contribution in [0.4, 0.5) is 5.69 Å². The zero-order valence-corrected chi connectivity index (χ0v) is 12.5. The minimum Gasteiger partial charge on any atom is -0.476 e. The van der Waals surface area contributed by atoms with Crippen LogP contribution in [-0.4, -0.2) is 27.0 Å². The van der Waals surface area contributed by atoms with Gasteiger partial charge in [-0.05, 0) is 36.1 Å². The number of hydrogen-bond donors (Lipinski definition) is 2. The van der Waals surface area contributed by atoms with Crippen molar-refractivity contribution < 1.29 is 14.7 Å². The molecule has 0 unspecified atom stereocenters. The number of nitrogens with zero attached hydrogens (tertiary/aromatic N) is 2. The summed E-state index contributed by atoms with van der Waals surface area (Å²) in [4.78, 5) is 30.3. The summed E-state index contributed by atoms with van der Waals surface area (Å²) in [6.07, 6.45) is 4.05. The highest BCUT2D eigenvalue weighted by molar-refractivity contribution is 6.02. The molecule has 2 rings (SSSR count). The zero-order chi connectivity index (χ0) is 16.1. The van der Waals surface area contributed by atoms with Crippen LogP contribution in [0.15, 0.2) is 30.6 Å². The van der Waals surface area contributed by atoms with Gasteiger partial charge in [0.2, 0.25) is 0 Å². The van der Waals surface area contributed by atoms with Crippen LogP contribution in [0.5, 0.6) is 0 Å². The maximum atomic E-state index is 12.1. The normalized spacial score (nSPS) is 10.3. The summed E-state index contributed by atoms with van der Waals surface area (Å²) in [6, 6.07) is 5.78. The lowest BCUT2D eigenvalue weighted by Gasteiger charge is -2.10. The van der Waals surface area contributed by atoms with E-state index in [2.05, 4.69) is 29.1 Å². The minimum absolute atomic E-state index is 0.0719. The first-order chi connectivity index (χ1) is 10.5. The molecule has 0 spiro atoms. The third kappa shape index (κ3) is 3.46. The molecule has 0 aliphatic carbocycles. The number of hydrogen-bond acceptors (Lipinski definition) is 4. The number of benzene rings is 1. The molecule has 1 aromatic heterocycles. The van der Waals surface area contributed by atoms with E-state index in [0.717, 1.165) is 25.2 Å². The fourth-order valence-corrected chi connectivity index (χ4v) is 2.13. The van der Waals surface area contributed by atoms with Crippen molar-refractivity contribution in [1.29, 1.82) is 0 Å². The Morgan fingerprint density at radius 3 is 2.23 bits per heavy atom. The van der Waals surface area contributed by atoms with E-state index < -0.39 is 11.9 Å². The summed E-state index contributed by atoms with van der Waals surface area (Å²) >= 11 is 0. The van der Waals surface area contributed by atoms with Crippen molar-refractivity contribution >= 4 is 17.6 Å². The largest absolute Gasteiger partial charge is 0.476 e. The molecule has 0 aliphatic heterocycles. The Morgan fingerprint density at radius 2 is 1.68 bits per heavy atom. The summed E-state index contributed by atoms with van der Waals surface area (Å²) in [5.74, 6) is -1.60. The lowest BCUT2D eigenvalue weighted by Crippen LogP contribution is -2.15. The molecule has 1 amide bonds. The Balaban J connectivity index is 2.16. The lowest BCUT2D eigenvalue weighted by molar-refractivity contribution is 0.0689. The van der Waals surface area contributed by atoms with Crippen molar-refractivity contribution in [2.45, 2.75) is 26.7 Å². The first kappa shape index (κ1) is 15.6. The molecule has 0 atom stereocenters. The fourth-order valence-electron chi connectivity index (χ4n) is 2.13. The second-order valence-corrected chi connectivity index (χ2v) is 4.74. The Bertz CT molecular complexity index is 696. The quantitative estimate of drug-likeness (QED) is 0.885. The van der Waals surface area contributed by atoms with Gasteiger partial charge in [-0.15, -0.1) is 0 Å². The van der Waals surface area contributed by atoms with Crippen molar-refractivity contribution in [2.75, 3.05) is 5.32 Å². The number of carbonyl (C=O) groups is 2. The number of rotatable bonds is 5. The predicted octanol–water partition coefficient (Wildman–Crippen LogP) is 2.55. The molecule has 0 fully saturated rings. The molecule has 0 aliphatic rings. The van der Waals surface area contributed by atoms with Crippen molar-refractivity contribution in [2.24, 2.45) is 0 Å². The number of aromatic nitrogens is 2. The van der Waals surface area contributed by atoms with Crippen LogP contribution in [0.1, 0.15) is 46.0 Å². The van der Waals surface area contributed by atoms with Gasteiger partial charge in [0.05, 0.1) is 12.4 Å².